The van der Waals surface area contributed by atoms with Crippen molar-refractivity contribution in [1.82, 2.24) is 4.90 Å². The van der Waals surface area contributed by atoms with Crippen LogP contribution >= 0.6 is 0 Å². The molecule has 1 saturated heterocycles. The first-order chi connectivity index (χ1) is 14.7. The van der Waals surface area contributed by atoms with Crippen LogP contribution in [0.1, 0.15) is 70.6 Å². The number of fused-ring (bicyclic) bond motifs is 1. The van der Waals surface area contributed by atoms with Gasteiger partial charge >= 0.3 is 0 Å². The molecule has 0 unspecified atom stereocenters. The molecule has 1 aliphatic heterocycles. The van der Waals surface area contributed by atoms with Crippen LogP contribution in [-0.4, -0.2) is 60.2 Å². The number of allylic oxidation sites excluding steroid dienone is 2. The van der Waals surface area contributed by atoms with Crippen LogP contribution in [0.5, 0.6) is 0 Å². The molecule has 0 aromatic carbocycles. The van der Waals surface area contributed by atoms with Gasteiger partial charge in [0.1, 0.15) is 0 Å². The molecule has 3 aliphatic carbocycles. The molecule has 4 rings (SSSR count). The van der Waals surface area contributed by atoms with Crippen molar-refractivity contribution in [3.8, 4) is 0 Å². The molecule has 2 saturated carbocycles. The van der Waals surface area contributed by atoms with Crippen molar-refractivity contribution in [3.05, 3.63) is 23.8 Å². The summed E-state index contributed by atoms with van der Waals surface area (Å²) in [5.74, 6) is 1.75. The highest BCUT2D eigenvalue weighted by atomic mass is 16.5. The summed E-state index contributed by atoms with van der Waals surface area (Å²) in [4.78, 5) is 2.53. The van der Waals surface area contributed by atoms with Gasteiger partial charge in [0, 0.05) is 19.0 Å². The van der Waals surface area contributed by atoms with Gasteiger partial charge in [0.05, 0.1) is 25.4 Å². The number of rotatable bonds is 9. The number of unbranched alkanes of at least 4 members (excludes halogenated alkanes) is 2. The maximum atomic E-state index is 10.6. The normalized spacial score (nSPS) is 34.4. The Balaban J connectivity index is 1.17. The Morgan fingerprint density at radius 2 is 1.90 bits per heavy atom. The number of aliphatic hydroxyl groups is 2. The molecular weight excluding hydrogens is 374 g/mol. The third-order valence-electron chi connectivity index (χ3n) is 8.19. The molecule has 3 fully saturated rings. The van der Waals surface area contributed by atoms with Crippen molar-refractivity contribution in [2.24, 2.45) is 23.7 Å². The van der Waals surface area contributed by atoms with Crippen molar-refractivity contribution in [2.75, 3.05) is 32.8 Å². The summed E-state index contributed by atoms with van der Waals surface area (Å²) >= 11 is 0. The van der Waals surface area contributed by atoms with E-state index in [0.717, 1.165) is 52.0 Å². The fourth-order valence-electron chi connectivity index (χ4n) is 6.35. The summed E-state index contributed by atoms with van der Waals surface area (Å²) < 4.78 is 5.42. The second kappa shape index (κ2) is 11.3. The van der Waals surface area contributed by atoms with Crippen LogP contribution < -0.4 is 0 Å². The number of morpholine rings is 1. The Labute approximate surface area is 183 Å². The molecule has 2 N–H and O–H groups in total. The molecule has 4 nitrogen and oxygen atoms in total. The van der Waals surface area contributed by atoms with E-state index in [2.05, 4.69) is 17.1 Å². The van der Waals surface area contributed by atoms with Gasteiger partial charge in [-0.15, -0.1) is 0 Å². The average molecular weight is 418 g/mol. The molecule has 0 radical (unpaired) electrons. The molecule has 0 amide bonds. The van der Waals surface area contributed by atoms with E-state index in [1.54, 1.807) is 5.57 Å². The number of ether oxygens (including phenoxy) is 1. The minimum absolute atomic E-state index is 0.225. The van der Waals surface area contributed by atoms with Crippen LogP contribution in [0.25, 0.3) is 0 Å². The minimum Gasteiger partial charge on any atom is -0.392 e. The van der Waals surface area contributed by atoms with E-state index in [1.807, 2.05) is 6.08 Å². The van der Waals surface area contributed by atoms with Gasteiger partial charge in [-0.1, -0.05) is 49.5 Å². The maximum absolute atomic E-state index is 10.6. The summed E-state index contributed by atoms with van der Waals surface area (Å²) in [6, 6.07) is 0. The molecular formula is C26H43NO3. The molecule has 0 bridgehead atoms. The zero-order valence-corrected chi connectivity index (χ0v) is 18.8. The third-order valence-corrected chi connectivity index (χ3v) is 8.19. The van der Waals surface area contributed by atoms with Crippen molar-refractivity contribution >= 4 is 0 Å². The predicted octanol–water partition coefficient (Wildman–Crippen LogP) is 4.32. The first kappa shape index (κ1) is 22.5. The number of aliphatic hydroxyl groups excluding tert-OH is 2. The third kappa shape index (κ3) is 5.97. The lowest BCUT2D eigenvalue weighted by Crippen LogP contribution is -2.36. The zero-order chi connectivity index (χ0) is 20.8. The highest BCUT2D eigenvalue weighted by Crippen LogP contribution is 2.48. The molecule has 4 aliphatic rings. The highest BCUT2D eigenvalue weighted by Gasteiger charge is 2.43. The number of hydrogen-bond donors (Lipinski definition) is 2. The minimum atomic E-state index is -0.322. The lowest BCUT2D eigenvalue weighted by molar-refractivity contribution is 0.0371. The molecule has 30 heavy (non-hydrogen) atoms. The van der Waals surface area contributed by atoms with Crippen molar-refractivity contribution in [1.29, 1.82) is 0 Å². The van der Waals surface area contributed by atoms with Crippen LogP contribution in [0.4, 0.5) is 0 Å². The monoisotopic (exact) mass is 417 g/mol. The molecule has 1 heterocycles. The first-order valence-electron chi connectivity index (χ1n) is 12.7. The molecule has 170 valence electrons. The van der Waals surface area contributed by atoms with E-state index in [0.29, 0.717) is 17.8 Å². The second-order valence-corrected chi connectivity index (χ2v) is 10.3. The van der Waals surface area contributed by atoms with Crippen LogP contribution in [-0.2, 0) is 4.74 Å². The lowest BCUT2D eigenvalue weighted by Gasteiger charge is -2.26. The van der Waals surface area contributed by atoms with E-state index in [4.69, 9.17) is 4.74 Å². The number of hydrogen-bond acceptors (Lipinski definition) is 4. The fraction of sp³-hybridized carbons (Fsp3) is 0.846. The summed E-state index contributed by atoms with van der Waals surface area (Å²) in [6.07, 6.45) is 19.4. The van der Waals surface area contributed by atoms with E-state index >= 15 is 0 Å². The highest BCUT2D eigenvalue weighted by molar-refractivity contribution is 5.21. The molecule has 0 spiro atoms. The van der Waals surface area contributed by atoms with Crippen LogP contribution in [0.2, 0.25) is 0 Å². The topological polar surface area (TPSA) is 52.9 Å². The van der Waals surface area contributed by atoms with E-state index in [1.165, 1.54) is 51.5 Å². The SMILES string of the molecule is O[C@H](C=C[C@@H]1[C@H]2CC(CCCCCN3CCOCC3)=C[C@H]2C[C@H]1O)C1CCCCC1. The maximum Gasteiger partial charge on any atom is 0.0749 e. The Morgan fingerprint density at radius 1 is 1.10 bits per heavy atom. The van der Waals surface area contributed by atoms with Crippen molar-refractivity contribution in [3.63, 3.8) is 0 Å². The summed E-state index contributed by atoms with van der Waals surface area (Å²) in [6.45, 7) is 5.21. The molecule has 0 aromatic rings. The van der Waals surface area contributed by atoms with Gasteiger partial charge in [0.25, 0.3) is 0 Å². The Hall–Kier alpha value is -0.680. The van der Waals surface area contributed by atoms with E-state index in [-0.39, 0.29) is 18.1 Å². The Bertz CT molecular complexity index is 577. The van der Waals surface area contributed by atoms with Crippen LogP contribution in [0, 0.1) is 23.7 Å². The van der Waals surface area contributed by atoms with Gasteiger partial charge in [-0.25, -0.2) is 0 Å². The molecule has 0 aromatic heterocycles. The second-order valence-electron chi connectivity index (χ2n) is 10.3. The average Bonchev–Trinajstić information content (AvgIpc) is 3.29. The summed E-state index contributed by atoms with van der Waals surface area (Å²) in [7, 11) is 0. The largest absolute Gasteiger partial charge is 0.392 e. The van der Waals surface area contributed by atoms with Crippen molar-refractivity contribution in [2.45, 2.75) is 82.8 Å². The van der Waals surface area contributed by atoms with Gasteiger partial charge in [-0.05, 0) is 69.2 Å². The van der Waals surface area contributed by atoms with Crippen LogP contribution in [0.3, 0.4) is 0 Å². The summed E-state index contributed by atoms with van der Waals surface area (Å²) in [5.41, 5.74) is 1.62. The predicted molar refractivity (Wildman–Crippen MR) is 121 cm³/mol. The summed E-state index contributed by atoms with van der Waals surface area (Å²) in [5, 5.41) is 21.2. The standard InChI is InChI=1S/C26H43NO3/c28-25(21-8-4-1-5-9-21)11-10-23-24-18-20(17-22(24)19-26(23)29)7-3-2-6-12-27-13-15-30-16-14-27/h10-11,17,21-26,28-29H,1-9,12-16,18-19H2/t22-,23+,24-,25+,26+/m0/s1. The zero-order valence-electron chi connectivity index (χ0n) is 18.8. The lowest BCUT2D eigenvalue weighted by atomic mass is 9.83. The first-order valence-corrected chi connectivity index (χ1v) is 12.7. The van der Waals surface area contributed by atoms with E-state index in [9.17, 15) is 10.2 Å². The fourth-order valence-corrected chi connectivity index (χ4v) is 6.35. The van der Waals surface area contributed by atoms with E-state index < -0.39 is 0 Å². The van der Waals surface area contributed by atoms with Crippen molar-refractivity contribution < 1.29 is 14.9 Å². The van der Waals surface area contributed by atoms with Gasteiger partial charge in [-0.3, -0.25) is 4.90 Å². The molecule has 5 atom stereocenters. The van der Waals surface area contributed by atoms with Gasteiger partial charge in [0.15, 0.2) is 0 Å². The Morgan fingerprint density at radius 3 is 2.70 bits per heavy atom. The Kier molecular flexibility index (Phi) is 8.45. The van der Waals surface area contributed by atoms with Gasteiger partial charge < -0.3 is 14.9 Å². The van der Waals surface area contributed by atoms with Crippen LogP contribution in [0.15, 0.2) is 23.8 Å². The smallest absolute Gasteiger partial charge is 0.0749 e. The molecule has 4 heteroatoms. The van der Waals surface area contributed by atoms with Gasteiger partial charge in [-0.2, -0.15) is 0 Å². The quantitative estimate of drug-likeness (QED) is 0.433. The number of nitrogens with zero attached hydrogens (tertiary/aromatic N) is 1. The van der Waals surface area contributed by atoms with Gasteiger partial charge in [0.2, 0.25) is 0 Å².